The van der Waals surface area contributed by atoms with Crippen molar-refractivity contribution in [1.82, 2.24) is 5.32 Å². The minimum Gasteiger partial charge on any atom is -0.501 e. The van der Waals surface area contributed by atoms with Crippen LogP contribution in [0.2, 0.25) is 0 Å². The largest absolute Gasteiger partial charge is 0.501 e. The molecule has 0 radical (unpaired) electrons. The third kappa shape index (κ3) is 1.47. The maximum absolute atomic E-state index is 9.58. The number of aliphatic hydroxyl groups excluding tert-OH is 1. The number of aliphatic hydroxyl groups is 1. The predicted molar refractivity (Wildman–Crippen MR) is 45.6 cm³/mol. The number of ether oxygens (including phenoxy) is 1. The first-order valence-electron chi connectivity index (χ1n) is 4.57. The summed E-state index contributed by atoms with van der Waals surface area (Å²) in [6.07, 6.45) is 3.81. The normalized spacial score (nSPS) is 35.9. The zero-order valence-corrected chi connectivity index (χ0v) is 7.12. The van der Waals surface area contributed by atoms with Gasteiger partial charge in [0.05, 0.1) is 19.0 Å². The third-order valence-electron chi connectivity index (χ3n) is 2.62. The molecule has 2 heterocycles. The van der Waals surface area contributed by atoms with Gasteiger partial charge in [-0.2, -0.15) is 0 Å². The van der Waals surface area contributed by atoms with E-state index in [1.807, 2.05) is 6.26 Å². The Balaban J connectivity index is 2.02. The molecule has 2 rings (SSSR count). The fourth-order valence-electron chi connectivity index (χ4n) is 1.90. The summed E-state index contributed by atoms with van der Waals surface area (Å²) in [5, 5.41) is 12.8. The highest BCUT2D eigenvalue weighted by Crippen LogP contribution is 2.25. The van der Waals surface area contributed by atoms with Crippen molar-refractivity contribution < 1.29 is 9.84 Å². The van der Waals surface area contributed by atoms with E-state index < -0.39 is 0 Å². The van der Waals surface area contributed by atoms with Crippen LogP contribution in [0.4, 0.5) is 0 Å². The predicted octanol–water partition coefficient (Wildman–Crippen LogP) is 0.261. The summed E-state index contributed by atoms with van der Waals surface area (Å²) in [4.78, 5) is 0. The molecule has 0 unspecified atom stereocenters. The molecule has 0 bridgehead atoms. The average Bonchev–Trinajstić information content (AvgIpc) is 2.53. The van der Waals surface area contributed by atoms with Gasteiger partial charge in [0.15, 0.2) is 0 Å². The molecule has 2 atom stereocenters. The molecule has 0 spiro atoms. The van der Waals surface area contributed by atoms with Gasteiger partial charge in [-0.15, -0.1) is 0 Å². The molecule has 0 amide bonds. The second-order valence-corrected chi connectivity index (χ2v) is 3.50. The molecule has 0 aromatic rings. The highest BCUT2D eigenvalue weighted by Gasteiger charge is 2.28. The van der Waals surface area contributed by atoms with Crippen molar-refractivity contribution in [3.8, 4) is 0 Å². The van der Waals surface area contributed by atoms with Gasteiger partial charge in [-0.25, -0.2) is 0 Å². The van der Waals surface area contributed by atoms with E-state index in [0.717, 1.165) is 32.5 Å². The van der Waals surface area contributed by atoms with Crippen molar-refractivity contribution in [3.63, 3.8) is 0 Å². The minimum atomic E-state index is -0.210. The van der Waals surface area contributed by atoms with Crippen molar-refractivity contribution in [1.29, 1.82) is 0 Å². The van der Waals surface area contributed by atoms with Gasteiger partial charge >= 0.3 is 0 Å². The van der Waals surface area contributed by atoms with Gasteiger partial charge in [0, 0.05) is 19.0 Å². The van der Waals surface area contributed by atoms with Gasteiger partial charge in [0.25, 0.3) is 0 Å². The van der Waals surface area contributed by atoms with E-state index >= 15 is 0 Å². The van der Waals surface area contributed by atoms with Crippen molar-refractivity contribution in [2.45, 2.75) is 18.9 Å². The van der Waals surface area contributed by atoms with Crippen LogP contribution in [0, 0.1) is 5.92 Å². The van der Waals surface area contributed by atoms with E-state index in [0.29, 0.717) is 5.92 Å². The van der Waals surface area contributed by atoms with E-state index in [4.69, 9.17) is 4.74 Å². The number of hydrogen-bond donors (Lipinski definition) is 2. The second-order valence-electron chi connectivity index (χ2n) is 3.50. The van der Waals surface area contributed by atoms with Crippen LogP contribution in [0.3, 0.4) is 0 Å². The lowest BCUT2D eigenvalue weighted by molar-refractivity contribution is 0.149. The molecule has 0 aliphatic carbocycles. The van der Waals surface area contributed by atoms with Crippen molar-refractivity contribution >= 4 is 0 Å². The summed E-state index contributed by atoms with van der Waals surface area (Å²) in [7, 11) is 0. The number of rotatable bonds is 1. The fourth-order valence-corrected chi connectivity index (χ4v) is 1.90. The number of nitrogens with one attached hydrogen (secondary N) is 1. The molecule has 0 saturated carbocycles. The molecule has 0 aromatic heterocycles. The van der Waals surface area contributed by atoms with Crippen LogP contribution in [0.1, 0.15) is 12.8 Å². The Bertz CT molecular complexity index is 191. The molecule has 2 aliphatic rings. The first-order chi connectivity index (χ1) is 5.88. The standard InChI is InChI=1S/C9H15NO2/c11-9-5-10-4-8(9)7-2-1-3-12-6-7/h6,8-11H,1-5H2/t8-,9+/m0/s1. The van der Waals surface area contributed by atoms with Crippen LogP contribution >= 0.6 is 0 Å². The first kappa shape index (κ1) is 8.08. The molecule has 68 valence electrons. The smallest absolute Gasteiger partial charge is 0.0876 e. The molecule has 0 aromatic carbocycles. The highest BCUT2D eigenvalue weighted by atomic mass is 16.5. The quantitative estimate of drug-likeness (QED) is 0.591. The Kier molecular flexibility index (Phi) is 2.33. The van der Waals surface area contributed by atoms with Crippen molar-refractivity contribution in [2.75, 3.05) is 19.7 Å². The lowest BCUT2D eigenvalue weighted by Crippen LogP contribution is -2.21. The van der Waals surface area contributed by atoms with E-state index in [1.165, 1.54) is 5.57 Å². The Hall–Kier alpha value is -0.540. The lowest BCUT2D eigenvalue weighted by Gasteiger charge is -2.20. The summed E-state index contributed by atoms with van der Waals surface area (Å²) in [6.45, 7) is 2.46. The summed E-state index contributed by atoms with van der Waals surface area (Å²) >= 11 is 0. The molecule has 3 heteroatoms. The summed E-state index contributed by atoms with van der Waals surface area (Å²) < 4.78 is 5.24. The number of β-amino-alcohol motifs (C(OH)–C–C–N with tert-alkyl or cyclic N) is 1. The molecule has 2 N–H and O–H groups in total. The Labute approximate surface area is 72.4 Å². The Morgan fingerprint density at radius 3 is 3.00 bits per heavy atom. The average molecular weight is 169 g/mol. The molecular weight excluding hydrogens is 154 g/mol. The SMILES string of the molecule is O[C@@H]1CNC[C@H]1C1=COCCC1. The first-order valence-corrected chi connectivity index (χ1v) is 4.57. The van der Waals surface area contributed by atoms with E-state index in [2.05, 4.69) is 5.32 Å². The number of hydrogen-bond acceptors (Lipinski definition) is 3. The zero-order valence-electron chi connectivity index (χ0n) is 7.12. The van der Waals surface area contributed by atoms with Crippen LogP contribution in [0.5, 0.6) is 0 Å². The molecule has 1 fully saturated rings. The highest BCUT2D eigenvalue weighted by molar-refractivity contribution is 5.11. The van der Waals surface area contributed by atoms with Crippen LogP contribution in [0.15, 0.2) is 11.8 Å². The second kappa shape index (κ2) is 3.46. The molecule has 3 nitrogen and oxygen atoms in total. The van der Waals surface area contributed by atoms with E-state index in [1.54, 1.807) is 0 Å². The zero-order chi connectivity index (χ0) is 8.39. The van der Waals surface area contributed by atoms with Crippen LogP contribution in [-0.4, -0.2) is 30.9 Å². The van der Waals surface area contributed by atoms with Crippen molar-refractivity contribution in [3.05, 3.63) is 11.8 Å². The van der Waals surface area contributed by atoms with Gasteiger partial charge in [-0.1, -0.05) is 0 Å². The van der Waals surface area contributed by atoms with Gasteiger partial charge < -0.3 is 15.2 Å². The Morgan fingerprint density at radius 1 is 1.50 bits per heavy atom. The molecular formula is C9H15NO2. The third-order valence-corrected chi connectivity index (χ3v) is 2.62. The van der Waals surface area contributed by atoms with Crippen LogP contribution in [0.25, 0.3) is 0 Å². The van der Waals surface area contributed by atoms with Crippen LogP contribution in [-0.2, 0) is 4.74 Å². The van der Waals surface area contributed by atoms with Gasteiger partial charge in [-0.3, -0.25) is 0 Å². The topological polar surface area (TPSA) is 41.5 Å². The summed E-state index contributed by atoms with van der Waals surface area (Å²) in [5.41, 5.74) is 1.28. The van der Waals surface area contributed by atoms with Gasteiger partial charge in [0.2, 0.25) is 0 Å². The molecule has 1 saturated heterocycles. The van der Waals surface area contributed by atoms with Crippen LogP contribution < -0.4 is 5.32 Å². The molecule has 12 heavy (non-hydrogen) atoms. The summed E-state index contributed by atoms with van der Waals surface area (Å²) in [6, 6.07) is 0. The molecule has 2 aliphatic heterocycles. The van der Waals surface area contributed by atoms with Gasteiger partial charge in [-0.05, 0) is 18.4 Å². The minimum absolute atomic E-state index is 0.210. The Morgan fingerprint density at radius 2 is 2.42 bits per heavy atom. The fraction of sp³-hybridized carbons (Fsp3) is 0.778. The van der Waals surface area contributed by atoms with E-state index in [-0.39, 0.29) is 6.10 Å². The maximum atomic E-state index is 9.58. The maximum Gasteiger partial charge on any atom is 0.0876 e. The lowest BCUT2D eigenvalue weighted by atomic mass is 9.93. The summed E-state index contributed by atoms with van der Waals surface area (Å²) in [5.74, 6) is 0.297. The van der Waals surface area contributed by atoms with Gasteiger partial charge in [0.1, 0.15) is 0 Å². The monoisotopic (exact) mass is 169 g/mol. The van der Waals surface area contributed by atoms with E-state index in [9.17, 15) is 5.11 Å². The van der Waals surface area contributed by atoms with Crippen molar-refractivity contribution in [2.24, 2.45) is 5.92 Å².